The van der Waals surface area contributed by atoms with E-state index in [0.717, 1.165) is 5.56 Å². The molecule has 0 bridgehead atoms. The Hall–Kier alpha value is -4.43. The van der Waals surface area contributed by atoms with Gasteiger partial charge in [0.2, 0.25) is 12.6 Å². The maximum absolute atomic E-state index is 13.7. The molecule has 1 unspecified atom stereocenters. The van der Waals surface area contributed by atoms with Crippen LogP contribution in [-0.2, 0) is 11.3 Å². The van der Waals surface area contributed by atoms with Crippen LogP contribution in [-0.4, -0.2) is 35.6 Å². The van der Waals surface area contributed by atoms with Gasteiger partial charge in [-0.15, -0.1) is 0 Å². The zero-order chi connectivity index (χ0) is 25.7. The highest BCUT2D eigenvalue weighted by molar-refractivity contribution is 6.31. The maximum Gasteiger partial charge on any atom is 0.290 e. The SMILES string of the molecule is COc1ccc(C2C(C(=O)c3cc4cc(Cl)ccc4o3)=C(O)C(=O)N2Cc2ccc3c(c2)OCO3)cc1. The maximum atomic E-state index is 13.7. The summed E-state index contributed by atoms with van der Waals surface area (Å²) in [5.41, 5.74) is 1.77. The van der Waals surface area contributed by atoms with Crippen LogP contribution < -0.4 is 14.2 Å². The van der Waals surface area contributed by atoms with Gasteiger partial charge in [-0.3, -0.25) is 9.59 Å². The number of hydrogen-bond acceptors (Lipinski definition) is 7. The van der Waals surface area contributed by atoms with E-state index in [0.29, 0.717) is 38.8 Å². The zero-order valence-corrected chi connectivity index (χ0v) is 20.3. The minimum absolute atomic E-state index is 0.00458. The van der Waals surface area contributed by atoms with E-state index >= 15 is 0 Å². The van der Waals surface area contributed by atoms with Crippen molar-refractivity contribution in [1.29, 1.82) is 0 Å². The number of aliphatic hydroxyl groups is 1. The number of benzene rings is 3. The van der Waals surface area contributed by atoms with E-state index < -0.39 is 23.5 Å². The molecule has 0 saturated carbocycles. The molecule has 0 saturated heterocycles. The number of halogens is 1. The molecule has 0 spiro atoms. The van der Waals surface area contributed by atoms with Crippen LogP contribution in [0.2, 0.25) is 5.02 Å². The van der Waals surface area contributed by atoms with Gasteiger partial charge in [-0.25, -0.2) is 0 Å². The number of hydrogen-bond donors (Lipinski definition) is 1. The van der Waals surface area contributed by atoms with E-state index in [2.05, 4.69) is 0 Å². The van der Waals surface area contributed by atoms with Crippen molar-refractivity contribution in [3.05, 3.63) is 100.0 Å². The van der Waals surface area contributed by atoms with Gasteiger partial charge in [-0.2, -0.15) is 0 Å². The summed E-state index contributed by atoms with van der Waals surface area (Å²) in [7, 11) is 1.55. The highest BCUT2D eigenvalue weighted by Gasteiger charge is 2.44. The lowest BCUT2D eigenvalue weighted by Crippen LogP contribution is -2.30. The molecule has 37 heavy (non-hydrogen) atoms. The number of carbonyl (C=O) groups is 2. The number of nitrogens with zero attached hydrogens (tertiary/aromatic N) is 1. The second kappa shape index (κ2) is 8.90. The Bertz CT molecular complexity index is 1590. The predicted molar refractivity (Wildman–Crippen MR) is 134 cm³/mol. The third-order valence-electron chi connectivity index (χ3n) is 6.47. The fourth-order valence-electron chi connectivity index (χ4n) is 4.68. The number of fused-ring (bicyclic) bond motifs is 2. The lowest BCUT2D eigenvalue weighted by molar-refractivity contribution is -0.130. The number of rotatable bonds is 6. The third-order valence-corrected chi connectivity index (χ3v) is 6.71. The summed E-state index contributed by atoms with van der Waals surface area (Å²) in [5.74, 6) is -0.0801. The molecule has 0 fully saturated rings. The van der Waals surface area contributed by atoms with Crippen molar-refractivity contribution >= 4 is 34.3 Å². The van der Waals surface area contributed by atoms with Crippen LogP contribution in [0.5, 0.6) is 17.2 Å². The molecule has 1 atom stereocenters. The summed E-state index contributed by atoms with van der Waals surface area (Å²) in [4.78, 5) is 28.5. The molecule has 186 valence electrons. The predicted octanol–water partition coefficient (Wildman–Crippen LogP) is 5.60. The molecule has 2 aliphatic heterocycles. The third kappa shape index (κ3) is 3.95. The molecule has 0 aliphatic carbocycles. The highest BCUT2D eigenvalue weighted by atomic mass is 35.5. The smallest absolute Gasteiger partial charge is 0.290 e. The molecule has 9 heteroatoms. The lowest BCUT2D eigenvalue weighted by atomic mass is 9.94. The number of Topliss-reactive ketones (excluding diaryl/α,β-unsaturated/α-hetero) is 1. The van der Waals surface area contributed by atoms with Gasteiger partial charge in [0.1, 0.15) is 11.3 Å². The largest absolute Gasteiger partial charge is 0.503 e. The van der Waals surface area contributed by atoms with Gasteiger partial charge in [0, 0.05) is 17.0 Å². The monoisotopic (exact) mass is 517 g/mol. The van der Waals surface area contributed by atoms with Crippen molar-refractivity contribution in [2.45, 2.75) is 12.6 Å². The van der Waals surface area contributed by atoms with Crippen molar-refractivity contribution in [2.24, 2.45) is 0 Å². The molecule has 8 nitrogen and oxygen atoms in total. The van der Waals surface area contributed by atoms with Crippen LogP contribution >= 0.6 is 11.6 Å². The fraction of sp³-hybridized carbons (Fsp3) is 0.143. The Morgan fingerprint density at radius 3 is 2.62 bits per heavy atom. The summed E-state index contributed by atoms with van der Waals surface area (Å²) in [6.07, 6.45) is 0. The Morgan fingerprint density at radius 2 is 1.84 bits per heavy atom. The van der Waals surface area contributed by atoms with Gasteiger partial charge >= 0.3 is 0 Å². The average molecular weight is 518 g/mol. The number of aliphatic hydroxyl groups excluding tert-OH is 1. The van der Waals surface area contributed by atoms with Crippen LogP contribution in [0.1, 0.15) is 27.7 Å². The topological polar surface area (TPSA) is 98.4 Å². The molecule has 1 aromatic heterocycles. The summed E-state index contributed by atoms with van der Waals surface area (Å²) in [5, 5.41) is 12.1. The lowest BCUT2D eigenvalue weighted by Gasteiger charge is -2.27. The van der Waals surface area contributed by atoms with Crippen molar-refractivity contribution in [2.75, 3.05) is 13.9 Å². The first-order valence-corrected chi connectivity index (χ1v) is 11.8. The number of furan rings is 1. The number of ether oxygens (including phenoxy) is 3. The molecule has 6 rings (SSSR count). The summed E-state index contributed by atoms with van der Waals surface area (Å²) in [6.45, 7) is 0.238. The van der Waals surface area contributed by atoms with Crippen LogP contribution in [0, 0.1) is 0 Å². The van der Waals surface area contributed by atoms with Crippen LogP contribution in [0.25, 0.3) is 11.0 Å². The molecule has 0 radical (unpaired) electrons. The van der Waals surface area contributed by atoms with Gasteiger partial charge < -0.3 is 28.6 Å². The summed E-state index contributed by atoms with van der Waals surface area (Å²) >= 11 is 6.08. The van der Waals surface area contributed by atoms with E-state index in [1.165, 1.54) is 4.90 Å². The molecule has 1 amide bonds. The Labute approximate surface area is 216 Å². The minimum atomic E-state index is -0.867. The molecule has 4 aromatic rings. The summed E-state index contributed by atoms with van der Waals surface area (Å²) in [6, 6.07) is 18.0. The van der Waals surface area contributed by atoms with E-state index in [1.54, 1.807) is 67.8 Å². The normalized spacial score (nSPS) is 16.6. The van der Waals surface area contributed by atoms with Gasteiger partial charge in [0.15, 0.2) is 23.0 Å². The second-order valence-electron chi connectivity index (χ2n) is 8.68. The first kappa shape index (κ1) is 23.0. The quantitative estimate of drug-likeness (QED) is 0.332. The van der Waals surface area contributed by atoms with Gasteiger partial charge in [-0.1, -0.05) is 29.8 Å². The molecule has 1 N–H and O–H groups in total. The Kier molecular flexibility index (Phi) is 5.53. The van der Waals surface area contributed by atoms with Crippen LogP contribution in [0.15, 0.2) is 82.5 Å². The highest BCUT2D eigenvalue weighted by Crippen LogP contribution is 2.42. The standard InChI is InChI=1S/C28H20ClNO7/c1-34-19-6-3-16(4-7-19)25-24(26(31)23-12-17-11-18(29)5-9-20(17)37-23)27(32)28(33)30(25)13-15-2-8-21-22(10-15)36-14-35-21/h2-12,25,32H,13-14H2,1H3. The van der Waals surface area contributed by atoms with Crippen molar-refractivity contribution in [3.63, 3.8) is 0 Å². The summed E-state index contributed by atoms with van der Waals surface area (Å²) < 4.78 is 21.9. The molecular formula is C28H20ClNO7. The number of carbonyl (C=O) groups excluding carboxylic acids is 2. The Morgan fingerprint density at radius 1 is 1.05 bits per heavy atom. The van der Waals surface area contributed by atoms with Crippen molar-refractivity contribution in [3.8, 4) is 17.2 Å². The molecule has 2 aliphatic rings. The van der Waals surface area contributed by atoms with E-state index in [9.17, 15) is 14.7 Å². The van der Waals surface area contributed by atoms with Crippen molar-refractivity contribution < 1.29 is 33.3 Å². The van der Waals surface area contributed by atoms with Crippen LogP contribution in [0.3, 0.4) is 0 Å². The van der Waals surface area contributed by atoms with Crippen LogP contribution in [0.4, 0.5) is 0 Å². The minimum Gasteiger partial charge on any atom is -0.503 e. The average Bonchev–Trinajstić information content (AvgIpc) is 3.61. The van der Waals surface area contributed by atoms with Gasteiger partial charge in [0.25, 0.3) is 5.91 Å². The number of ketones is 1. The fourth-order valence-corrected chi connectivity index (χ4v) is 4.86. The number of amides is 1. The van der Waals surface area contributed by atoms with Gasteiger partial charge in [0.05, 0.1) is 18.7 Å². The van der Waals surface area contributed by atoms with E-state index in [-0.39, 0.29) is 24.7 Å². The van der Waals surface area contributed by atoms with E-state index in [1.807, 2.05) is 6.07 Å². The zero-order valence-electron chi connectivity index (χ0n) is 19.6. The molecular weight excluding hydrogens is 498 g/mol. The second-order valence-corrected chi connectivity index (χ2v) is 9.12. The number of methoxy groups -OCH3 is 1. The van der Waals surface area contributed by atoms with Crippen molar-refractivity contribution in [1.82, 2.24) is 4.90 Å². The van der Waals surface area contributed by atoms with Gasteiger partial charge in [-0.05, 0) is 59.7 Å². The molecule has 3 heterocycles. The Balaban J connectivity index is 1.42. The molecule has 3 aromatic carbocycles. The van der Waals surface area contributed by atoms with E-state index in [4.69, 9.17) is 30.2 Å². The first-order chi connectivity index (χ1) is 17.9. The first-order valence-electron chi connectivity index (χ1n) is 11.4.